The van der Waals surface area contributed by atoms with E-state index < -0.39 is 0 Å². The topological polar surface area (TPSA) is 29.9 Å². The van der Waals surface area contributed by atoms with Gasteiger partial charge >= 0.3 is 0 Å². The van der Waals surface area contributed by atoms with E-state index in [2.05, 4.69) is 48.5 Å². The number of benzene rings is 1. The van der Waals surface area contributed by atoms with Crippen molar-refractivity contribution in [1.82, 2.24) is 15.1 Å². The van der Waals surface area contributed by atoms with E-state index in [-0.39, 0.29) is 0 Å². The zero-order chi connectivity index (χ0) is 13.7. The highest BCUT2D eigenvalue weighted by Crippen LogP contribution is 2.18. The number of hydrogen-bond acceptors (Lipinski definition) is 2. The first kappa shape index (κ1) is 13.8. The normalized spacial score (nSPS) is 12.6. The summed E-state index contributed by atoms with van der Waals surface area (Å²) in [5, 5.41) is 8.00. The van der Waals surface area contributed by atoms with Crippen molar-refractivity contribution < 1.29 is 0 Å². The molecule has 0 spiro atoms. The van der Waals surface area contributed by atoms with Gasteiger partial charge in [-0.25, -0.2) is 4.68 Å². The SMILES string of the molecule is CCCNC(CC)c1ccc(-n2ccc(C)n2)cc1. The van der Waals surface area contributed by atoms with Crippen LogP contribution >= 0.6 is 0 Å². The molecule has 0 aliphatic rings. The molecule has 0 amide bonds. The van der Waals surface area contributed by atoms with E-state index in [0.29, 0.717) is 6.04 Å². The van der Waals surface area contributed by atoms with Gasteiger partial charge in [0.25, 0.3) is 0 Å². The third kappa shape index (κ3) is 3.44. The van der Waals surface area contributed by atoms with E-state index in [9.17, 15) is 0 Å². The molecule has 0 saturated heterocycles. The van der Waals surface area contributed by atoms with Gasteiger partial charge in [-0.2, -0.15) is 5.10 Å². The summed E-state index contributed by atoms with van der Waals surface area (Å²) in [7, 11) is 0. The van der Waals surface area contributed by atoms with Gasteiger partial charge in [-0.15, -0.1) is 0 Å². The molecule has 1 heterocycles. The molecule has 0 bridgehead atoms. The first-order valence-electron chi connectivity index (χ1n) is 7.10. The van der Waals surface area contributed by atoms with Gasteiger partial charge in [0.05, 0.1) is 11.4 Å². The molecule has 2 aromatic rings. The smallest absolute Gasteiger partial charge is 0.0645 e. The predicted octanol–water partition coefficient (Wildman–Crippen LogP) is 3.63. The lowest BCUT2D eigenvalue weighted by atomic mass is 10.0. The first-order valence-corrected chi connectivity index (χ1v) is 7.10. The van der Waals surface area contributed by atoms with E-state index >= 15 is 0 Å². The molecule has 1 N–H and O–H groups in total. The van der Waals surface area contributed by atoms with E-state index in [1.54, 1.807) is 0 Å². The molecule has 0 aliphatic heterocycles. The summed E-state index contributed by atoms with van der Waals surface area (Å²) in [5.74, 6) is 0. The number of aromatic nitrogens is 2. The van der Waals surface area contributed by atoms with E-state index in [0.717, 1.165) is 24.3 Å². The standard InChI is InChI=1S/C16H23N3/c1-4-11-17-16(5-2)14-6-8-15(9-7-14)19-12-10-13(3)18-19/h6-10,12,16-17H,4-5,11H2,1-3H3. The van der Waals surface area contributed by atoms with Gasteiger partial charge < -0.3 is 5.32 Å². The fourth-order valence-electron chi connectivity index (χ4n) is 2.23. The third-order valence-corrected chi connectivity index (χ3v) is 3.33. The quantitative estimate of drug-likeness (QED) is 0.856. The molecule has 3 nitrogen and oxygen atoms in total. The van der Waals surface area contributed by atoms with Crippen molar-refractivity contribution in [3.8, 4) is 5.69 Å². The zero-order valence-corrected chi connectivity index (χ0v) is 12.1. The summed E-state index contributed by atoms with van der Waals surface area (Å²) in [5.41, 5.74) is 3.51. The molecular weight excluding hydrogens is 234 g/mol. The van der Waals surface area contributed by atoms with Crippen LogP contribution in [0.3, 0.4) is 0 Å². The molecule has 0 saturated carbocycles. The van der Waals surface area contributed by atoms with Gasteiger partial charge in [0.2, 0.25) is 0 Å². The Hall–Kier alpha value is -1.61. The van der Waals surface area contributed by atoms with Gasteiger partial charge in [0, 0.05) is 12.2 Å². The molecule has 1 unspecified atom stereocenters. The highest BCUT2D eigenvalue weighted by Gasteiger charge is 2.08. The molecule has 0 radical (unpaired) electrons. The largest absolute Gasteiger partial charge is 0.310 e. The molecule has 0 fully saturated rings. The number of aryl methyl sites for hydroxylation is 1. The van der Waals surface area contributed by atoms with Crippen LogP contribution in [0.15, 0.2) is 36.5 Å². The van der Waals surface area contributed by atoms with Crippen LogP contribution in [0.5, 0.6) is 0 Å². The van der Waals surface area contributed by atoms with Crippen LogP contribution in [-0.2, 0) is 0 Å². The Labute approximate surface area is 115 Å². The monoisotopic (exact) mass is 257 g/mol. The maximum absolute atomic E-state index is 4.43. The molecule has 2 rings (SSSR count). The van der Waals surface area contributed by atoms with Gasteiger partial charge in [-0.3, -0.25) is 0 Å². The first-order chi connectivity index (χ1) is 9.24. The maximum atomic E-state index is 4.43. The van der Waals surface area contributed by atoms with E-state index in [4.69, 9.17) is 0 Å². The van der Waals surface area contributed by atoms with Crippen molar-refractivity contribution >= 4 is 0 Å². The average molecular weight is 257 g/mol. The summed E-state index contributed by atoms with van der Waals surface area (Å²) >= 11 is 0. The minimum Gasteiger partial charge on any atom is -0.310 e. The van der Waals surface area contributed by atoms with Crippen molar-refractivity contribution in [2.45, 2.75) is 39.7 Å². The summed E-state index contributed by atoms with van der Waals surface area (Å²) < 4.78 is 1.92. The summed E-state index contributed by atoms with van der Waals surface area (Å²) in [4.78, 5) is 0. The lowest BCUT2D eigenvalue weighted by molar-refractivity contribution is 0.518. The van der Waals surface area contributed by atoms with Crippen LogP contribution in [0.25, 0.3) is 5.69 Å². The minimum absolute atomic E-state index is 0.452. The van der Waals surface area contributed by atoms with E-state index in [1.807, 2.05) is 23.9 Å². The fourth-order valence-corrected chi connectivity index (χ4v) is 2.23. The van der Waals surface area contributed by atoms with Crippen molar-refractivity contribution in [3.05, 3.63) is 47.8 Å². The van der Waals surface area contributed by atoms with Crippen LogP contribution in [0.4, 0.5) is 0 Å². The van der Waals surface area contributed by atoms with Crippen molar-refractivity contribution in [2.24, 2.45) is 0 Å². The average Bonchev–Trinajstić information content (AvgIpc) is 2.87. The summed E-state index contributed by atoms with van der Waals surface area (Å²) in [6, 6.07) is 11.1. The number of nitrogens with zero attached hydrogens (tertiary/aromatic N) is 2. The summed E-state index contributed by atoms with van der Waals surface area (Å²) in [6.45, 7) is 7.49. The lowest BCUT2D eigenvalue weighted by Gasteiger charge is -2.17. The Morgan fingerprint density at radius 3 is 2.42 bits per heavy atom. The molecule has 1 atom stereocenters. The second kappa shape index (κ2) is 6.53. The Balaban J connectivity index is 2.13. The number of hydrogen-bond donors (Lipinski definition) is 1. The number of nitrogens with one attached hydrogen (secondary N) is 1. The van der Waals surface area contributed by atoms with Gasteiger partial charge in [0.15, 0.2) is 0 Å². The van der Waals surface area contributed by atoms with Crippen LogP contribution in [0.1, 0.15) is 44.0 Å². The summed E-state index contributed by atoms with van der Waals surface area (Å²) in [6.07, 6.45) is 4.28. The van der Waals surface area contributed by atoms with Crippen molar-refractivity contribution in [2.75, 3.05) is 6.54 Å². The van der Waals surface area contributed by atoms with Gasteiger partial charge in [-0.1, -0.05) is 26.0 Å². The molecule has 1 aromatic heterocycles. The zero-order valence-electron chi connectivity index (χ0n) is 12.1. The Bertz CT molecular complexity index is 499. The Morgan fingerprint density at radius 2 is 1.89 bits per heavy atom. The highest BCUT2D eigenvalue weighted by atomic mass is 15.3. The third-order valence-electron chi connectivity index (χ3n) is 3.33. The second-order valence-corrected chi connectivity index (χ2v) is 4.91. The van der Waals surface area contributed by atoms with Crippen LogP contribution in [0.2, 0.25) is 0 Å². The van der Waals surface area contributed by atoms with Crippen molar-refractivity contribution in [1.29, 1.82) is 0 Å². The van der Waals surface area contributed by atoms with Crippen LogP contribution in [-0.4, -0.2) is 16.3 Å². The fraction of sp³-hybridized carbons (Fsp3) is 0.438. The maximum Gasteiger partial charge on any atom is 0.0645 e. The predicted molar refractivity (Wildman–Crippen MR) is 79.6 cm³/mol. The highest BCUT2D eigenvalue weighted by molar-refractivity contribution is 5.35. The molecular formula is C16H23N3. The van der Waals surface area contributed by atoms with Crippen LogP contribution in [0, 0.1) is 6.92 Å². The minimum atomic E-state index is 0.452. The van der Waals surface area contributed by atoms with Gasteiger partial charge in [-0.05, 0) is 50.1 Å². The Morgan fingerprint density at radius 1 is 1.16 bits per heavy atom. The molecule has 3 heteroatoms. The second-order valence-electron chi connectivity index (χ2n) is 4.91. The van der Waals surface area contributed by atoms with Crippen molar-refractivity contribution in [3.63, 3.8) is 0 Å². The van der Waals surface area contributed by atoms with Gasteiger partial charge in [0.1, 0.15) is 0 Å². The molecule has 1 aromatic carbocycles. The molecule has 19 heavy (non-hydrogen) atoms. The molecule has 0 aliphatic carbocycles. The van der Waals surface area contributed by atoms with E-state index in [1.165, 1.54) is 12.0 Å². The number of rotatable bonds is 6. The lowest BCUT2D eigenvalue weighted by Crippen LogP contribution is -2.21. The Kier molecular flexibility index (Phi) is 4.74. The van der Waals surface area contributed by atoms with Crippen LogP contribution < -0.4 is 5.32 Å². The molecule has 102 valence electrons.